The van der Waals surface area contributed by atoms with E-state index in [0.717, 1.165) is 23.5 Å². The standard InChI is InChI=1S/C13H13Cl2N5/c1-9(7-19-3-2-16-8-19)20-12(5-14)18-11-4-10(15)6-17-13(11)20/h2-4,6,8-9H,5,7H2,1H3. The lowest BCUT2D eigenvalue weighted by molar-refractivity contribution is 0.462. The first-order chi connectivity index (χ1) is 9.69. The molecule has 0 saturated heterocycles. The zero-order chi connectivity index (χ0) is 14.1. The smallest absolute Gasteiger partial charge is 0.160 e. The maximum atomic E-state index is 6.01. The quantitative estimate of drug-likeness (QED) is 0.695. The van der Waals surface area contributed by atoms with Gasteiger partial charge in [0.25, 0.3) is 0 Å². The molecule has 0 aliphatic carbocycles. The second-order valence-corrected chi connectivity index (χ2v) is 5.34. The summed E-state index contributed by atoms with van der Waals surface area (Å²) < 4.78 is 4.07. The third-order valence-electron chi connectivity index (χ3n) is 3.16. The van der Waals surface area contributed by atoms with E-state index in [9.17, 15) is 0 Å². The van der Waals surface area contributed by atoms with Crippen LogP contribution >= 0.6 is 23.2 Å². The molecule has 3 aromatic rings. The molecule has 0 radical (unpaired) electrons. The Morgan fingerprint density at radius 3 is 2.95 bits per heavy atom. The average Bonchev–Trinajstić information content (AvgIpc) is 3.04. The first-order valence-electron chi connectivity index (χ1n) is 6.23. The molecular formula is C13H13Cl2N5. The van der Waals surface area contributed by atoms with Crippen molar-refractivity contribution >= 4 is 34.4 Å². The van der Waals surface area contributed by atoms with Crippen molar-refractivity contribution < 1.29 is 0 Å². The van der Waals surface area contributed by atoms with E-state index in [2.05, 4.69) is 26.4 Å². The van der Waals surface area contributed by atoms with Crippen LogP contribution in [0.2, 0.25) is 5.02 Å². The summed E-state index contributed by atoms with van der Waals surface area (Å²) in [5, 5.41) is 0.575. The summed E-state index contributed by atoms with van der Waals surface area (Å²) in [6, 6.07) is 1.97. The molecule has 0 bridgehead atoms. The fourth-order valence-electron chi connectivity index (χ4n) is 2.34. The molecule has 1 atom stereocenters. The Labute approximate surface area is 126 Å². The SMILES string of the molecule is CC(Cn1ccnc1)n1c(CCl)nc2cc(Cl)cnc21. The minimum Gasteiger partial charge on any atom is -0.335 e. The fraction of sp³-hybridized carbons (Fsp3) is 0.308. The minimum absolute atomic E-state index is 0.164. The molecular weight excluding hydrogens is 297 g/mol. The van der Waals surface area contributed by atoms with Crippen molar-refractivity contribution in [1.82, 2.24) is 24.1 Å². The normalized spacial score (nSPS) is 12.9. The summed E-state index contributed by atoms with van der Waals surface area (Å²) in [6.07, 6.45) is 7.11. The van der Waals surface area contributed by atoms with Gasteiger partial charge in [-0.25, -0.2) is 15.0 Å². The molecule has 0 aliphatic heterocycles. The van der Waals surface area contributed by atoms with E-state index in [0.29, 0.717) is 10.9 Å². The second kappa shape index (κ2) is 5.42. The summed E-state index contributed by atoms with van der Waals surface area (Å²) in [5.41, 5.74) is 1.57. The van der Waals surface area contributed by atoms with Crippen molar-refractivity contribution in [2.75, 3.05) is 0 Å². The maximum Gasteiger partial charge on any atom is 0.160 e. The van der Waals surface area contributed by atoms with E-state index in [1.165, 1.54) is 0 Å². The highest BCUT2D eigenvalue weighted by Crippen LogP contribution is 2.23. The van der Waals surface area contributed by atoms with Gasteiger partial charge in [-0.15, -0.1) is 11.6 Å². The zero-order valence-corrected chi connectivity index (χ0v) is 12.4. The van der Waals surface area contributed by atoms with Crippen LogP contribution < -0.4 is 0 Å². The molecule has 3 aromatic heterocycles. The first kappa shape index (κ1) is 13.4. The van der Waals surface area contributed by atoms with E-state index in [1.807, 2.05) is 10.8 Å². The van der Waals surface area contributed by atoms with Gasteiger partial charge in [0.1, 0.15) is 11.3 Å². The molecule has 3 rings (SSSR count). The van der Waals surface area contributed by atoms with Gasteiger partial charge in [-0.05, 0) is 13.0 Å². The van der Waals surface area contributed by atoms with E-state index >= 15 is 0 Å². The summed E-state index contributed by atoms with van der Waals surface area (Å²) in [4.78, 5) is 12.9. The molecule has 0 amide bonds. The second-order valence-electron chi connectivity index (χ2n) is 4.64. The highest BCUT2D eigenvalue weighted by atomic mass is 35.5. The van der Waals surface area contributed by atoms with Crippen molar-refractivity contribution in [3.05, 3.63) is 41.8 Å². The maximum absolute atomic E-state index is 6.01. The third kappa shape index (κ3) is 2.39. The number of alkyl halides is 1. The van der Waals surface area contributed by atoms with Gasteiger partial charge in [0.05, 0.1) is 23.3 Å². The van der Waals surface area contributed by atoms with Crippen molar-refractivity contribution in [3.8, 4) is 0 Å². The topological polar surface area (TPSA) is 48.5 Å². The van der Waals surface area contributed by atoms with E-state index < -0.39 is 0 Å². The lowest BCUT2D eigenvalue weighted by Crippen LogP contribution is -2.14. The van der Waals surface area contributed by atoms with Gasteiger partial charge in [-0.3, -0.25) is 0 Å². The minimum atomic E-state index is 0.164. The Hall–Kier alpha value is -1.59. The summed E-state index contributed by atoms with van der Waals surface area (Å²) in [7, 11) is 0. The van der Waals surface area contributed by atoms with Crippen LogP contribution in [-0.4, -0.2) is 24.1 Å². The van der Waals surface area contributed by atoms with Crippen LogP contribution in [-0.2, 0) is 12.4 Å². The number of fused-ring (bicyclic) bond motifs is 1. The summed E-state index contributed by atoms with van der Waals surface area (Å²) >= 11 is 12.0. The fourth-order valence-corrected chi connectivity index (χ4v) is 2.68. The van der Waals surface area contributed by atoms with Gasteiger partial charge in [0.2, 0.25) is 0 Å². The van der Waals surface area contributed by atoms with Crippen LogP contribution in [0.25, 0.3) is 11.2 Å². The van der Waals surface area contributed by atoms with E-state index in [4.69, 9.17) is 23.2 Å². The number of halogens is 2. The monoisotopic (exact) mass is 309 g/mol. The van der Waals surface area contributed by atoms with Crippen molar-refractivity contribution in [1.29, 1.82) is 0 Å². The molecule has 5 nitrogen and oxygen atoms in total. The lowest BCUT2D eigenvalue weighted by atomic mass is 10.3. The Morgan fingerprint density at radius 1 is 1.40 bits per heavy atom. The number of nitrogens with zero attached hydrogens (tertiary/aromatic N) is 5. The zero-order valence-electron chi connectivity index (χ0n) is 10.9. The Bertz CT molecular complexity index is 720. The van der Waals surface area contributed by atoms with E-state index in [1.54, 1.807) is 24.8 Å². The van der Waals surface area contributed by atoms with Gasteiger partial charge in [-0.2, -0.15) is 0 Å². The largest absolute Gasteiger partial charge is 0.335 e. The molecule has 0 N–H and O–H groups in total. The predicted molar refractivity (Wildman–Crippen MR) is 79.0 cm³/mol. The van der Waals surface area contributed by atoms with Crippen molar-refractivity contribution in [2.45, 2.75) is 25.4 Å². The Kier molecular flexibility index (Phi) is 3.63. The molecule has 20 heavy (non-hydrogen) atoms. The van der Waals surface area contributed by atoms with Crippen LogP contribution in [0.3, 0.4) is 0 Å². The molecule has 0 spiro atoms. The molecule has 3 heterocycles. The summed E-state index contributed by atoms with van der Waals surface area (Å²) in [5.74, 6) is 1.13. The number of pyridine rings is 1. The van der Waals surface area contributed by atoms with Gasteiger partial charge >= 0.3 is 0 Å². The molecule has 0 aliphatic rings. The van der Waals surface area contributed by atoms with Crippen LogP contribution in [0.5, 0.6) is 0 Å². The number of hydrogen-bond acceptors (Lipinski definition) is 3. The lowest BCUT2D eigenvalue weighted by Gasteiger charge is -2.16. The predicted octanol–water partition coefficient (Wildman–Crippen LogP) is 3.28. The third-order valence-corrected chi connectivity index (χ3v) is 3.61. The first-order valence-corrected chi connectivity index (χ1v) is 7.14. The Morgan fingerprint density at radius 2 is 2.25 bits per heavy atom. The summed E-state index contributed by atoms with van der Waals surface area (Å²) in [6.45, 7) is 2.88. The van der Waals surface area contributed by atoms with Gasteiger partial charge in [0.15, 0.2) is 5.65 Å². The highest BCUT2D eigenvalue weighted by Gasteiger charge is 2.17. The van der Waals surface area contributed by atoms with Gasteiger partial charge in [0, 0.05) is 25.1 Å². The van der Waals surface area contributed by atoms with Gasteiger partial charge in [-0.1, -0.05) is 11.6 Å². The number of rotatable bonds is 4. The van der Waals surface area contributed by atoms with Gasteiger partial charge < -0.3 is 9.13 Å². The van der Waals surface area contributed by atoms with Crippen LogP contribution in [0.15, 0.2) is 31.0 Å². The van der Waals surface area contributed by atoms with Crippen LogP contribution in [0, 0.1) is 0 Å². The molecule has 1 unspecified atom stereocenters. The highest BCUT2D eigenvalue weighted by molar-refractivity contribution is 6.31. The van der Waals surface area contributed by atoms with Crippen molar-refractivity contribution in [2.24, 2.45) is 0 Å². The average molecular weight is 310 g/mol. The molecule has 0 saturated carbocycles. The number of imidazole rings is 2. The molecule has 7 heteroatoms. The number of aromatic nitrogens is 5. The molecule has 104 valence electrons. The molecule has 0 aromatic carbocycles. The Balaban J connectivity index is 2.04. The van der Waals surface area contributed by atoms with Crippen molar-refractivity contribution in [3.63, 3.8) is 0 Å². The molecule has 0 fully saturated rings. The number of hydrogen-bond donors (Lipinski definition) is 0. The van der Waals surface area contributed by atoms with E-state index in [-0.39, 0.29) is 6.04 Å². The van der Waals surface area contributed by atoms with Crippen LogP contribution in [0.1, 0.15) is 18.8 Å². The van der Waals surface area contributed by atoms with Crippen LogP contribution in [0.4, 0.5) is 0 Å².